The fraction of sp³-hybridized carbons (Fsp3) is 0.270. The maximum absolute atomic E-state index is 15.5. The second kappa shape index (κ2) is 33.9. The fourth-order valence-electron chi connectivity index (χ4n) is 19.8. The highest BCUT2D eigenvalue weighted by Crippen LogP contribution is 2.46. The van der Waals surface area contributed by atoms with Crippen molar-refractivity contribution in [1.82, 2.24) is 0 Å². The molecular weight excluding hydrogens is 1710 g/mol. The molecule has 0 bridgehead atoms. The molecule has 0 aliphatic rings. The molecule has 17 heteroatoms. The number of aryl methyl sites for hydroxylation is 8. The highest BCUT2D eigenvalue weighted by molar-refractivity contribution is 6.90. The van der Waals surface area contributed by atoms with Gasteiger partial charge in [0.25, 0.3) is 0 Å². The third kappa shape index (κ3) is 16.2. The summed E-state index contributed by atoms with van der Waals surface area (Å²) in [7, 11) is 1.16. The lowest BCUT2D eigenvalue weighted by molar-refractivity contribution is -0.633. The molecule has 8 heterocycles. The standard InChI is InChI=1S/C31H35FNOSi.C30H33FNOSi.C27H26F2NOSi.C27H27FNOSi/c1-18(2)13-21-15-27(33(5)26-17-29(35(6,7)8)25(32)16-23(21)26)30-20(4)19(3)14-24-22-11-9-10-12-28(22)34-31(24)30;1-17(2)21-15-26(32(5)25-16-28(34(6,7)8)24(31)14-22(21)25)29-19(4)18(3)13-23-20-11-9-10-12-27(20)33-30(23)29;1-15-11-20-19-9-7-17(28)12-25(19)31-27(20)26(16(15)2)24-14-22(29)21-13-18(32(4,5)6)8-10-23(21)30(24)3;1-16-13-20-19-9-7-8-10-24(19)30-27(20)26(17(16)2)22-12-11-18-14-21(28)25(31(4,5)6)15-23(18)29(22)3/h9-12,14-18H,13H2,1-8H3;9-17H,1-8H3;7-14H,1-6H3;7-15H,1-6H3/q4*+1. The molecule has 672 valence electrons. The molecule has 0 atom stereocenters. The zero-order chi connectivity index (χ0) is 94.8. The van der Waals surface area contributed by atoms with Gasteiger partial charge < -0.3 is 17.7 Å². The Morgan fingerprint density at radius 1 is 0.288 bits per heavy atom. The first-order valence-corrected chi connectivity index (χ1v) is 60.1. The molecular formula is C115H121F5N4O4Si4+4. The van der Waals surface area contributed by atoms with E-state index in [0.717, 1.165) is 199 Å². The zero-order valence-corrected chi connectivity index (χ0v) is 85.7. The summed E-state index contributed by atoms with van der Waals surface area (Å²) >= 11 is 0. The fourth-order valence-corrected chi connectivity index (χ4v) is 25.0. The number of furan rings is 4. The monoisotopic (exact) mass is 1830 g/mol. The topological polar surface area (TPSA) is 68.1 Å². The second-order valence-corrected chi connectivity index (χ2v) is 62.0. The van der Waals surface area contributed by atoms with Gasteiger partial charge in [-0.05, 0) is 230 Å². The van der Waals surface area contributed by atoms with Gasteiger partial charge in [-0.3, -0.25) is 0 Å². The van der Waals surface area contributed by atoms with Crippen LogP contribution in [0.5, 0.6) is 0 Å². The van der Waals surface area contributed by atoms with E-state index in [2.05, 4.69) is 286 Å². The maximum Gasteiger partial charge on any atom is 0.219 e. The Kier molecular flexibility index (Phi) is 23.6. The van der Waals surface area contributed by atoms with Crippen LogP contribution >= 0.6 is 0 Å². The summed E-state index contributed by atoms with van der Waals surface area (Å²) in [5.74, 6) is -0.102. The molecule has 8 nitrogen and oxygen atoms in total. The van der Waals surface area contributed by atoms with E-state index < -0.39 is 32.3 Å². The summed E-state index contributed by atoms with van der Waals surface area (Å²) in [5, 5.41) is 16.0. The van der Waals surface area contributed by atoms with Crippen LogP contribution in [0.3, 0.4) is 0 Å². The van der Waals surface area contributed by atoms with Crippen molar-refractivity contribution in [3.63, 3.8) is 0 Å². The van der Waals surface area contributed by atoms with Crippen LogP contribution in [0.25, 0.3) is 176 Å². The van der Waals surface area contributed by atoms with Crippen molar-refractivity contribution < 1.29 is 57.9 Å². The summed E-state index contributed by atoms with van der Waals surface area (Å²) in [6, 6.07) is 65.9. The Labute approximate surface area is 775 Å². The maximum atomic E-state index is 15.5. The predicted octanol–water partition coefficient (Wildman–Crippen LogP) is 28.6. The smallest absolute Gasteiger partial charge is 0.219 e. The van der Waals surface area contributed by atoms with Crippen LogP contribution < -0.4 is 39.0 Å². The molecule has 0 aliphatic carbocycles. The van der Waals surface area contributed by atoms with Crippen LogP contribution in [0, 0.1) is 90.4 Å². The Balaban J connectivity index is 0.000000123. The molecule has 0 spiro atoms. The summed E-state index contributed by atoms with van der Waals surface area (Å²) < 4.78 is 109. The SMILES string of the molecule is Cc1cc2c(oc3cc(F)ccc32)c(-c2cc(F)c3cc([Si](C)(C)C)ccc3[n+]2C)c1C.Cc1cc2c(oc3ccccc32)c(-c2cc(C(C)C)c3cc(F)c([Si](C)(C)C)cc3[n+]2C)c1C.Cc1cc2c(oc3ccccc32)c(-c2cc(CC(C)C)c3cc(F)c([Si](C)(C)C)cc3[n+]2C)c1C.Cc1cc2c(oc3ccccc32)c(-c2ccc3cc(F)c([Si](C)(C)C)cc3[n+]2C)c1C. The Morgan fingerprint density at radius 2 is 0.659 bits per heavy atom. The highest BCUT2D eigenvalue weighted by Gasteiger charge is 2.36. The van der Waals surface area contributed by atoms with Gasteiger partial charge in [-0.15, -0.1) is 0 Å². The minimum Gasteiger partial charge on any atom is -0.455 e. The van der Waals surface area contributed by atoms with Gasteiger partial charge in [0, 0.05) is 103 Å². The summed E-state index contributed by atoms with van der Waals surface area (Å²) in [6.07, 6.45) is 0.893. The van der Waals surface area contributed by atoms with Crippen LogP contribution in [0.4, 0.5) is 22.0 Å². The molecule has 0 unspecified atom stereocenters. The van der Waals surface area contributed by atoms with E-state index >= 15 is 13.2 Å². The number of fused-ring (bicyclic) bond motifs is 16. The van der Waals surface area contributed by atoms with Gasteiger partial charge in [-0.2, -0.15) is 18.3 Å². The minimum atomic E-state index is -1.86. The van der Waals surface area contributed by atoms with Crippen LogP contribution in [-0.2, 0) is 34.6 Å². The van der Waals surface area contributed by atoms with E-state index in [1.807, 2.05) is 80.1 Å². The number of pyridine rings is 4. The number of hydrogen-bond donors (Lipinski definition) is 0. The van der Waals surface area contributed by atoms with E-state index in [4.69, 9.17) is 17.7 Å². The number of aromatic nitrogens is 4. The third-order valence-corrected chi connectivity index (χ3v) is 35.8. The Morgan fingerprint density at radius 3 is 1.09 bits per heavy atom. The Bertz CT molecular complexity index is 8210. The highest BCUT2D eigenvalue weighted by atomic mass is 28.3. The van der Waals surface area contributed by atoms with Gasteiger partial charge >= 0.3 is 0 Å². The molecule has 0 saturated carbocycles. The van der Waals surface area contributed by atoms with Crippen molar-refractivity contribution >= 4 is 184 Å². The van der Waals surface area contributed by atoms with Crippen molar-refractivity contribution in [2.45, 2.75) is 174 Å². The number of halogens is 5. The quantitative estimate of drug-likeness (QED) is 0.0735. The van der Waals surface area contributed by atoms with Gasteiger partial charge in [0.05, 0.1) is 70.7 Å². The van der Waals surface area contributed by atoms with Crippen molar-refractivity contribution in [3.8, 4) is 45.0 Å². The molecule has 8 aromatic heterocycles. The van der Waals surface area contributed by atoms with Gasteiger partial charge in [-0.25, -0.2) is 22.0 Å². The van der Waals surface area contributed by atoms with Crippen molar-refractivity contribution in [1.29, 1.82) is 0 Å². The first-order valence-electron chi connectivity index (χ1n) is 46.1. The molecule has 0 fully saturated rings. The molecule has 0 saturated heterocycles. The average Bonchev–Trinajstić information content (AvgIpc) is 1.69. The number of rotatable bonds is 11. The van der Waals surface area contributed by atoms with E-state index in [-0.39, 0.29) is 35.0 Å². The molecule has 0 aliphatic heterocycles. The lowest BCUT2D eigenvalue weighted by Crippen LogP contribution is -2.42. The number of benzene rings is 12. The van der Waals surface area contributed by atoms with E-state index in [1.165, 1.54) is 56.3 Å². The molecule has 0 amide bonds. The zero-order valence-electron chi connectivity index (χ0n) is 81.7. The van der Waals surface area contributed by atoms with Crippen molar-refractivity contribution in [2.75, 3.05) is 0 Å². The first kappa shape index (κ1) is 91.9. The lowest BCUT2D eigenvalue weighted by Gasteiger charge is -2.20. The largest absolute Gasteiger partial charge is 0.455 e. The molecule has 0 radical (unpaired) electrons. The van der Waals surface area contributed by atoms with Gasteiger partial charge in [0.1, 0.15) is 102 Å². The van der Waals surface area contributed by atoms with Crippen LogP contribution in [-0.4, -0.2) is 32.3 Å². The lowest BCUT2D eigenvalue weighted by atomic mass is 9.92. The third-order valence-electron chi connectivity index (χ3n) is 27.8. The van der Waals surface area contributed by atoms with Crippen molar-refractivity contribution in [2.24, 2.45) is 34.1 Å². The van der Waals surface area contributed by atoms with Gasteiger partial charge in [0.15, 0.2) is 0 Å². The minimum absolute atomic E-state index is 0.0687. The van der Waals surface area contributed by atoms with Crippen molar-refractivity contribution in [3.05, 3.63) is 285 Å². The van der Waals surface area contributed by atoms with Crippen LogP contribution in [0.2, 0.25) is 78.6 Å². The number of para-hydroxylation sites is 3. The number of hydrogen-bond acceptors (Lipinski definition) is 4. The van der Waals surface area contributed by atoms with Crippen LogP contribution in [0.1, 0.15) is 89.2 Å². The van der Waals surface area contributed by atoms with Crippen LogP contribution in [0.15, 0.2) is 218 Å². The summed E-state index contributed by atoms with van der Waals surface area (Å²) in [5.41, 5.74) is 30.7. The first-order chi connectivity index (χ1) is 62.2. The normalized spacial score (nSPS) is 12.4. The van der Waals surface area contributed by atoms with E-state index in [1.54, 1.807) is 30.3 Å². The van der Waals surface area contributed by atoms with Gasteiger partial charge in [0.2, 0.25) is 44.8 Å². The second-order valence-electron chi connectivity index (χ2n) is 41.8. The molecule has 20 aromatic rings. The van der Waals surface area contributed by atoms with Gasteiger partial charge in [-0.1, -0.05) is 172 Å². The molecule has 12 aromatic carbocycles. The predicted molar refractivity (Wildman–Crippen MR) is 554 cm³/mol. The average molecular weight is 1830 g/mol. The summed E-state index contributed by atoms with van der Waals surface area (Å²) in [4.78, 5) is 0. The van der Waals surface area contributed by atoms with E-state index in [9.17, 15) is 8.78 Å². The summed E-state index contributed by atoms with van der Waals surface area (Å²) in [6.45, 7) is 52.4. The molecule has 132 heavy (non-hydrogen) atoms. The molecule has 0 N–H and O–H groups in total. The number of nitrogens with zero attached hydrogens (tertiary/aromatic N) is 4. The van der Waals surface area contributed by atoms with E-state index in [0.29, 0.717) is 22.5 Å². The Hall–Kier alpha value is -12.0. The molecule has 20 rings (SSSR count).